The van der Waals surface area contributed by atoms with Crippen LogP contribution in [0.4, 0.5) is 5.69 Å². The van der Waals surface area contributed by atoms with Crippen LogP contribution in [-0.2, 0) is 32.6 Å². The van der Waals surface area contributed by atoms with E-state index in [0.29, 0.717) is 27.7 Å². The summed E-state index contributed by atoms with van der Waals surface area (Å²) in [6, 6.07) is 18.5. The van der Waals surface area contributed by atoms with Crippen molar-refractivity contribution in [3.05, 3.63) is 99.0 Å². The number of aryl methyl sites for hydroxylation is 2. The molecule has 0 fully saturated rings. The number of hydrogen-bond acceptors (Lipinski definition) is 4. The van der Waals surface area contributed by atoms with Crippen LogP contribution in [0.3, 0.4) is 0 Å². The molecule has 220 valence electrons. The van der Waals surface area contributed by atoms with Crippen molar-refractivity contribution in [2.24, 2.45) is 0 Å². The average molecular weight is 619 g/mol. The van der Waals surface area contributed by atoms with E-state index in [9.17, 15) is 18.0 Å². The predicted molar refractivity (Wildman–Crippen MR) is 167 cm³/mol. The minimum absolute atomic E-state index is 0.0900. The number of benzene rings is 3. The average Bonchev–Trinajstić information content (AvgIpc) is 2.92. The fourth-order valence-corrected chi connectivity index (χ4v) is 5.70. The first-order chi connectivity index (χ1) is 19.3. The largest absolute Gasteiger partial charge is 0.352 e. The highest BCUT2D eigenvalue weighted by atomic mass is 35.5. The quantitative estimate of drug-likeness (QED) is 0.273. The van der Waals surface area contributed by atoms with E-state index >= 15 is 0 Å². The van der Waals surface area contributed by atoms with Crippen molar-refractivity contribution in [1.29, 1.82) is 0 Å². The van der Waals surface area contributed by atoms with Crippen molar-refractivity contribution in [3.8, 4) is 0 Å². The van der Waals surface area contributed by atoms with Gasteiger partial charge in [0.05, 0.1) is 11.9 Å². The third-order valence-corrected chi connectivity index (χ3v) is 8.97. The molecular formula is C31H37Cl2N3O4S. The second-order valence-corrected chi connectivity index (χ2v) is 13.0. The van der Waals surface area contributed by atoms with Crippen molar-refractivity contribution in [1.82, 2.24) is 10.2 Å². The molecule has 0 saturated heterocycles. The minimum Gasteiger partial charge on any atom is -0.352 e. The first-order valence-corrected chi connectivity index (χ1v) is 16.0. The van der Waals surface area contributed by atoms with E-state index in [1.807, 2.05) is 64.1 Å². The van der Waals surface area contributed by atoms with Gasteiger partial charge in [-0.1, -0.05) is 72.6 Å². The van der Waals surface area contributed by atoms with Gasteiger partial charge in [0.15, 0.2) is 0 Å². The summed E-state index contributed by atoms with van der Waals surface area (Å²) in [7, 11) is -3.86. The normalized spacial score (nSPS) is 12.9. The number of carbonyl (C=O) groups is 2. The number of anilines is 1. The van der Waals surface area contributed by atoms with Crippen molar-refractivity contribution in [2.45, 2.75) is 59.2 Å². The van der Waals surface area contributed by atoms with Gasteiger partial charge in [-0.15, -0.1) is 0 Å². The number of halogens is 2. The van der Waals surface area contributed by atoms with E-state index < -0.39 is 28.5 Å². The summed E-state index contributed by atoms with van der Waals surface area (Å²) in [5.41, 5.74) is 3.55. The Labute approximate surface area is 253 Å². The summed E-state index contributed by atoms with van der Waals surface area (Å²) in [5.74, 6) is -0.915. The van der Waals surface area contributed by atoms with Crippen LogP contribution in [0.1, 0.15) is 42.5 Å². The second-order valence-electron chi connectivity index (χ2n) is 10.3. The Kier molecular flexibility index (Phi) is 11.2. The van der Waals surface area contributed by atoms with Gasteiger partial charge >= 0.3 is 0 Å². The molecule has 3 rings (SSSR count). The van der Waals surface area contributed by atoms with Crippen LogP contribution in [0.2, 0.25) is 10.0 Å². The molecule has 0 saturated carbocycles. The third-order valence-electron chi connectivity index (χ3n) is 7.12. The number of carbonyl (C=O) groups excluding carboxylic acids is 2. The summed E-state index contributed by atoms with van der Waals surface area (Å²) in [5, 5.41) is 3.67. The fraction of sp³-hybridized carbons (Fsp3) is 0.355. The Hall–Kier alpha value is -3.07. The van der Waals surface area contributed by atoms with Gasteiger partial charge in [-0.2, -0.15) is 0 Å². The lowest BCUT2D eigenvalue weighted by Crippen LogP contribution is -2.54. The lowest BCUT2D eigenvalue weighted by molar-refractivity contribution is -0.140. The molecule has 0 aliphatic heterocycles. The van der Waals surface area contributed by atoms with E-state index in [1.54, 1.807) is 30.3 Å². The molecule has 0 bridgehead atoms. The lowest BCUT2D eigenvalue weighted by Gasteiger charge is -2.34. The Balaban J connectivity index is 2.12. The highest BCUT2D eigenvalue weighted by molar-refractivity contribution is 7.92. The van der Waals surface area contributed by atoms with Gasteiger partial charge in [0.25, 0.3) is 0 Å². The van der Waals surface area contributed by atoms with E-state index in [4.69, 9.17) is 23.2 Å². The van der Waals surface area contributed by atoms with Crippen LogP contribution in [0.25, 0.3) is 0 Å². The second kappa shape index (κ2) is 14.2. The third kappa shape index (κ3) is 8.71. The molecule has 0 radical (unpaired) electrons. The molecule has 1 N–H and O–H groups in total. The zero-order valence-electron chi connectivity index (χ0n) is 24.0. The predicted octanol–water partition coefficient (Wildman–Crippen LogP) is 5.93. The number of nitrogens with one attached hydrogen (secondary N) is 1. The molecule has 41 heavy (non-hydrogen) atoms. The molecule has 3 aromatic rings. The summed E-state index contributed by atoms with van der Waals surface area (Å²) in [6.45, 7) is 7.05. The lowest BCUT2D eigenvalue weighted by atomic mass is 10.0. The monoisotopic (exact) mass is 617 g/mol. The van der Waals surface area contributed by atoms with Gasteiger partial charge in [-0.25, -0.2) is 8.42 Å². The molecule has 0 aliphatic rings. The molecule has 0 heterocycles. The van der Waals surface area contributed by atoms with Gasteiger partial charge in [0, 0.05) is 34.6 Å². The molecular weight excluding hydrogens is 581 g/mol. The van der Waals surface area contributed by atoms with Gasteiger partial charge in [0.2, 0.25) is 21.8 Å². The zero-order valence-corrected chi connectivity index (χ0v) is 26.4. The Morgan fingerprint density at radius 1 is 0.927 bits per heavy atom. The SMILES string of the molecule is CC[C@H](C)NC(=O)[C@H](Cc1ccccc1)N(Cc1c(Cl)cccc1Cl)C(=O)CN(c1ccc(C)c(C)c1)S(C)(=O)=O. The van der Waals surface area contributed by atoms with Crippen molar-refractivity contribution < 1.29 is 18.0 Å². The summed E-state index contributed by atoms with van der Waals surface area (Å²) >= 11 is 13.0. The topological polar surface area (TPSA) is 86.8 Å². The van der Waals surface area contributed by atoms with Gasteiger partial charge in [-0.3, -0.25) is 13.9 Å². The van der Waals surface area contributed by atoms with Gasteiger partial charge < -0.3 is 10.2 Å². The van der Waals surface area contributed by atoms with Gasteiger partial charge in [0.1, 0.15) is 12.6 Å². The van der Waals surface area contributed by atoms with Crippen LogP contribution >= 0.6 is 23.2 Å². The molecule has 0 aliphatic carbocycles. The maximum atomic E-state index is 14.2. The number of hydrogen-bond donors (Lipinski definition) is 1. The van der Waals surface area contributed by atoms with Gasteiger partial charge in [-0.05, 0) is 68.1 Å². The summed E-state index contributed by atoms with van der Waals surface area (Å²) in [6.07, 6.45) is 1.96. The minimum atomic E-state index is -3.86. The van der Waals surface area contributed by atoms with Crippen LogP contribution < -0.4 is 9.62 Å². The molecule has 7 nitrogen and oxygen atoms in total. The first kappa shape index (κ1) is 32.4. The molecule has 3 aromatic carbocycles. The molecule has 0 aromatic heterocycles. The van der Waals surface area contributed by atoms with Crippen LogP contribution in [0.5, 0.6) is 0 Å². The first-order valence-electron chi connectivity index (χ1n) is 13.4. The van der Waals surface area contributed by atoms with Crippen molar-refractivity contribution in [3.63, 3.8) is 0 Å². The summed E-state index contributed by atoms with van der Waals surface area (Å²) in [4.78, 5) is 29.3. The van der Waals surface area contributed by atoms with Crippen LogP contribution in [0.15, 0.2) is 66.7 Å². The number of sulfonamides is 1. The molecule has 0 spiro atoms. The highest BCUT2D eigenvalue weighted by Crippen LogP contribution is 2.28. The summed E-state index contributed by atoms with van der Waals surface area (Å²) < 4.78 is 27.0. The highest BCUT2D eigenvalue weighted by Gasteiger charge is 2.34. The number of rotatable bonds is 12. The molecule has 10 heteroatoms. The van der Waals surface area contributed by atoms with E-state index in [1.165, 1.54) is 4.90 Å². The molecule has 0 unspecified atom stereocenters. The molecule has 2 atom stereocenters. The van der Waals surface area contributed by atoms with Crippen molar-refractivity contribution >= 4 is 50.7 Å². The van der Waals surface area contributed by atoms with E-state index in [-0.39, 0.29) is 24.9 Å². The Morgan fingerprint density at radius 3 is 2.12 bits per heavy atom. The zero-order chi connectivity index (χ0) is 30.3. The number of nitrogens with zero attached hydrogens (tertiary/aromatic N) is 2. The number of amides is 2. The fourth-order valence-electron chi connectivity index (χ4n) is 4.34. The van der Waals surface area contributed by atoms with Crippen molar-refractivity contribution in [2.75, 3.05) is 17.1 Å². The maximum Gasteiger partial charge on any atom is 0.244 e. The standard InChI is InChI=1S/C31H37Cl2N3O4S/c1-6-23(4)34-31(38)29(18-24-11-8-7-9-12-24)35(19-26-27(32)13-10-14-28(26)33)30(37)20-36(41(5,39)40)25-16-15-21(2)22(3)17-25/h7-17,23,29H,6,18-20H2,1-5H3,(H,34,38)/t23-,29-/m0/s1. The Bertz CT molecular complexity index is 1460. The van der Waals surface area contributed by atoms with Crippen LogP contribution in [-0.4, -0.2) is 50.0 Å². The van der Waals surface area contributed by atoms with E-state index in [2.05, 4.69) is 5.32 Å². The molecule has 2 amide bonds. The van der Waals surface area contributed by atoms with E-state index in [0.717, 1.165) is 27.3 Å². The Morgan fingerprint density at radius 2 is 1.56 bits per heavy atom. The smallest absolute Gasteiger partial charge is 0.244 e. The van der Waals surface area contributed by atoms with Crippen LogP contribution in [0, 0.1) is 13.8 Å². The maximum absolute atomic E-state index is 14.2.